The summed E-state index contributed by atoms with van der Waals surface area (Å²) in [6.07, 6.45) is 7.63. The van der Waals surface area contributed by atoms with E-state index in [9.17, 15) is 38.4 Å². The molecule has 0 bridgehead atoms. The van der Waals surface area contributed by atoms with Crippen LogP contribution < -0.4 is 27.0 Å². The van der Waals surface area contributed by atoms with Crippen LogP contribution in [0.2, 0.25) is 0 Å². The predicted octanol–water partition coefficient (Wildman–Crippen LogP) is 0.0809. The summed E-state index contributed by atoms with van der Waals surface area (Å²) in [4.78, 5) is 86.4. The molecule has 43 heavy (non-hydrogen) atoms. The molecule has 0 aliphatic carbocycles. The third kappa shape index (κ3) is 28.2. The van der Waals surface area contributed by atoms with Crippen molar-refractivity contribution in [3.63, 3.8) is 0 Å². The summed E-state index contributed by atoms with van der Waals surface area (Å²) in [5.74, 6) is -1.85. The average molecular weight is 633 g/mol. The first kappa shape index (κ1) is 43.7. The Hall–Kier alpha value is -3.71. The Morgan fingerprint density at radius 1 is 1.00 bits per heavy atom. The number of urea groups is 1. The summed E-state index contributed by atoms with van der Waals surface area (Å²) in [5.41, 5.74) is 4.52. The molecule has 1 aliphatic heterocycles. The van der Waals surface area contributed by atoms with Crippen molar-refractivity contribution in [1.29, 1.82) is 0 Å². The van der Waals surface area contributed by atoms with Crippen LogP contribution in [0.25, 0.3) is 0 Å². The van der Waals surface area contributed by atoms with Gasteiger partial charge in [-0.3, -0.25) is 33.7 Å². The number of primary amides is 1. The molecule has 0 aromatic rings. The smallest absolute Gasteiger partial charge is 0.312 e. The number of carboxylic acid groups (broad SMARTS) is 1. The lowest BCUT2D eigenvalue weighted by atomic mass is 10.0. The topological polar surface area (TPSA) is 234 Å². The molecular weight excluding hydrogens is 583 g/mol. The summed E-state index contributed by atoms with van der Waals surface area (Å²) < 4.78 is 0. The van der Waals surface area contributed by atoms with Crippen molar-refractivity contribution in [2.45, 2.75) is 72.3 Å². The SMILES string of the molecule is CCC(=O)O.CCCNC(N)=O.CNCC(=O)NC(C(=O)NCC(=O)P)C(C)C.O=CCCCCCN1C(=O)C=CC1=O. The van der Waals surface area contributed by atoms with Gasteiger partial charge in [-0.05, 0) is 32.2 Å². The molecule has 15 nitrogen and oxygen atoms in total. The monoisotopic (exact) mass is 632 g/mol. The van der Waals surface area contributed by atoms with E-state index in [1.807, 2.05) is 30.0 Å². The number of aldehydes is 1. The zero-order chi connectivity index (χ0) is 33.8. The molecule has 6 amide bonds. The molecule has 0 spiro atoms. The third-order valence-corrected chi connectivity index (χ3v) is 5.20. The lowest BCUT2D eigenvalue weighted by molar-refractivity contribution is -0.138. The molecule has 2 atom stereocenters. The van der Waals surface area contributed by atoms with Gasteiger partial charge in [0.25, 0.3) is 11.8 Å². The standard InChI is InChI=1S/C10H20N3O3P.C10H13NO3.C4H10N2O.C3H6O2/c1-6(2)9(13-7(14)4-11-3)10(16)12-5-8(15)17;12-8-4-2-1-3-7-11-9(13)5-6-10(11)14;1-2-3-6-4(5)7;1-2-3(4)5/h6,9,11H,4-5,17H2,1-3H3,(H,12,16)(H,13,14);5-6,8H,1-4,7H2;2-3H2,1H3,(H3,5,6,7);2H2,1H3,(H,4,5). The Morgan fingerprint density at radius 3 is 1.93 bits per heavy atom. The first-order valence-corrected chi connectivity index (χ1v) is 14.5. The number of unbranched alkanes of at least 4 members (excludes halogenated alkanes) is 3. The lowest BCUT2D eigenvalue weighted by Crippen LogP contribution is -2.51. The van der Waals surface area contributed by atoms with E-state index >= 15 is 0 Å². The van der Waals surface area contributed by atoms with Gasteiger partial charge >= 0.3 is 12.0 Å². The number of hydrogen-bond acceptors (Lipinski definition) is 9. The number of imide groups is 1. The fourth-order valence-electron chi connectivity index (χ4n) is 2.78. The minimum absolute atomic E-state index is 0.0459. The quantitative estimate of drug-likeness (QED) is 0.0580. The average Bonchev–Trinajstić information content (AvgIpc) is 3.26. The van der Waals surface area contributed by atoms with E-state index in [4.69, 9.17) is 10.8 Å². The van der Waals surface area contributed by atoms with Gasteiger partial charge in [0.1, 0.15) is 12.3 Å². The molecule has 0 aromatic heterocycles. The number of aliphatic carboxylic acids is 1. The van der Waals surface area contributed by atoms with Gasteiger partial charge in [0.2, 0.25) is 11.8 Å². The van der Waals surface area contributed by atoms with Gasteiger partial charge in [-0.2, -0.15) is 0 Å². The van der Waals surface area contributed by atoms with Gasteiger partial charge in [0.05, 0.1) is 13.1 Å². The van der Waals surface area contributed by atoms with Crippen molar-refractivity contribution in [1.82, 2.24) is 26.2 Å². The molecule has 2 unspecified atom stereocenters. The van der Waals surface area contributed by atoms with Crippen LogP contribution in [0.5, 0.6) is 0 Å². The molecule has 0 aromatic carbocycles. The van der Waals surface area contributed by atoms with Crippen molar-refractivity contribution in [3.05, 3.63) is 12.2 Å². The van der Waals surface area contributed by atoms with Crippen LogP contribution in [0.1, 0.15) is 66.2 Å². The van der Waals surface area contributed by atoms with Crippen LogP contribution in [0.3, 0.4) is 0 Å². The summed E-state index contributed by atoms with van der Waals surface area (Å²) in [6, 6.07) is -1.07. The second kappa shape index (κ2) is 28.4. The first-order valence-electron chi connectivity index (χ1n) is 13.9. The Morgan fingerprint density at radius 2 is 1.56 bits per heavy atom. The molecule has 0 fully saturated rings. The van der Waals surface area contributed by atoms with Crippen molar-refractivity contribution in [2.24, 2.45) is 11.7 Å². The second-order valence-electron chi connectivity index (χ2n) is 9.22. The molecule has 0 radical (unpaired) electrons. The molecule has 7 N–H and O–H groups in total. The van der Waals surface area contributed by atoms with E-state index in [2.05, 4.69) is 21.3 Å². The van der Waals surface area contributed by atoms with Crippen molar-refractivity contribution < 1.29 is 43.5 Å². The molecule has 16 heteroatoms. The second-order valence-corrected chi connectivity index (χ2v) is 9.86. The van der Waals surface area contributed by atoms with E-state index in [0.29, 0.717) is 19.5 Å². The molecular formula is C27H49N6O9P. The highest BCUT2D eigenvalue weighted by molar-refractivity contribution is 7.40. The third-order valence-electron chi connectivity index (χ3n) is 5.00. The molecule has 246 valence electrons. The Bertz CT molecular complexity index is 911. The number of likely N-dealkylation sites (N-methyl/N-ethyl adjacent to an activating group) is 1. The minimum atomic E-state index is -0.745. The Balaban J connectivity index is -0.000000548. The van der Waals surface area contributed by atoms with Crippen LogP contribution in [0.15, 0.2) is 12.2 Å². The number of carboxylic acids is 1. The van der Waals surface area contributed by atoms with Crippen LogP contribution in [0, 0.1) is 5.92 Å². The molecule has 1 rings (SSSR count). The zero-order valence-corrected chi connectivity index (χ0v) is 26.9. The fourth-order valence-corrected chi connectivity index (χ4v) is 2.88. The first-order chi connectivity index (χ1) is 20.2. The number of amides is 6. The summed E-state index contributed by atoms with van der Waals surface area (Å²) in [5, 5.41) is 17.9. The van der Waals surface area contributed by atoms with Crippen molar-refractivity contribution in [3.8, 4) is 0 Å². The van der Waals surface area contributed by atoms with E-state index in [1.165, 1.54) is 17.1 Å². The maximum absolute atomic E-state index is 11.7. The highest BCUT2D eigenvalue weighted by Gasteiger charge is 2.24. The summed E-state index contributed by atoms with van der Waals surface area (Å²) in [7, 11) is 3.63. The number of nitrogens with one attached hydrogen (secondary N) is 4. The minimum Gasteiger partial charge on any atom is -0.481 e. The summed E-state index contributed by atoms with van der Waals surface area (Å²) in [6.45, 7) is 8.46. The maximum atomic E-state index is 11.7. The van der Waals surface area contributed by atoms with Crippen LogP contribution in [0.4, 0.5) is 4.79 Å². The Labute approximate surface area is 255 Å². The van der Waals surface area contributed by atoms with E-state index < -0.39 is 18.0 Å². The van der Waals surface area contributed by atoms with Gasteiger partial charge in [0.15, 0.2) is 5.52 Å². The molecule has 1 heterocycles. The highest BCUT2D eigenvalue weighted by Crippen LogP contribution is 2.07. The highest BCUT2D eigenvalue weighted by atomic mass is 31.0. The van der Waals surface area contributed by atoms with E-state index in [-0.39, 0.29) is 54.6 Å². The number of hydrogen-bond donors (Lipinski definition) is 6. The van der Waals surface area contributed by atoms with Crippen molar-refractivity contribution >= 4 is 56.7 Å². The van der Waals surface area contributed by atoms with Gasteiger partial charge < -0.3 is 36.9 Å². The van der Waals surface area contributed by atoms with Crippen LogP contribution in [-0.2, 0) is 33.6 Å². The number of rotatable bonds is 16. The van der Waals surface area contributed by atoms with Crippen LogP contribution >= 0.6 is 9.24 Å². The van der Waals surface area contributed by atoms with Gasteiger partial charge in [-0.25, -0.2) is 4.79 Å². The van der Waals surface area contributed by atoms with Crippen molar-refractivity contribution in [2.75, 3.05) is 33.2 Å². The molecule has 1 aliphatic rings. The number of nitrogens with two attached hydrogens (primary N) is 1. The summed E-state index contributed by atoms with van der Waals surface area (Å²) >= 11 is 0. The molecule has 0 saturated heterocycles. The zero-order valence-electron chi connectivity index (χ0n) is 25.8. The predicted molar refractivity (Wildman–Crippen MR) is 165 cm³/mol. The van der Waals surface area contributed by atoms with Crippen LogP contribution in [-0.4, -0.2) is 96.7 Å². The molecule has 0 saturated carbocycles. The number of nitrogens with zero attached hydrogens (tertiary/aromatic N) is 1. The van der Waals surface area contributed by atoms with E-state index in [0.717, 1.165) is 32.0 Å². The lowest BCUT2D eigenvalue weighted by Gasteiger charge is -2.21. The van der Waals surface area contributed by atoms with Gasteiger partial charge in [-0.1, -0.05) is 43.4 Å². The van der Waals surface area contributed by atoms with E-state index in [1.54, 1.807) is 14.0 Å². The van der Waals surface area contributed by atoms with Gasteiger partial charge in [-0.15, -0.1) is 0 Å². The fraction of sp³-hybridized carbons (Fsp3) is 0.630. The normalized spacial score (nSPS) is 11.9. The number of carbonyl (C=O) groups excluding carboxylic acids is 7. The van der Waals surface area contributed by atoms with Gasteiger partial charge in [0, 0.05) is 38.1 Å². The maximum Gasteiger partial charge on any atom is 0.312 e. The number of carbonyl (C=O) groups is 8. The largest absolute Gasteiger partial charge is 0.481 e. The Kier molecular flexibility index (Phi) is 28.9.